The van der Waals surface area contributed by atoms with Crippen LogP contribution in [0.4, 0.5) is 14.5 Å². The second-order valence-corrected chi connectivity index (χ2v) is 4.10. The van der Waals surface area contributed by atoms with Crippen molar-refractivity contribution in [3.8, 4) is 0 Å². The lowest BCUT2D eigenvalue weighted by molar-refractivity contribution is 0.195. The molecule has 0 spiro atoms. The van der Waals surface area contributed by atoms with Crippen LogP contribution in [0, 0.1) is 11.6 Å². The van der Waals surface area contributed by atoms with E-state index in [9.17, 15) is 13.0 Å². The van der Waals surface area contributed by atoms with Crippen LogP contribution in [0.2, 0.25) is 0 Å². The van der Waals surface area contributed by atoms with Crippen molar-refractivity contribution in [1.82, 2.24) is 0 Å². The summed E-state index contributed by atoms with van der Waals surface area (Å²) in [6.45, 7) is 2.04. The van der Waals surface area contributed by atoms with Crippen LogP contribution < -0.4 is 5.73 Å². The SMILES string of the molecule is CCOCS(=O)c1c(F)cc(N)cc1F. The standard InChI is InChI=1S/C9H11F2NO2S/c1-2-14-5-15(13)9-7(10)3-6(12)4-8(9)11/h3-4H,2,5,12H2,1H3. The minimum atomic E-state index is -1.84. The molecule has 1 aromatic rings. The van der Waals surface area contributed by atoms with E-state index in [0.717, 1.165) is 12.1 Å². The van der Waals surface area contributed by atoms with Crippen molar-refractivity contribution in [2.75, 3.05) is 18.3 Å². The molecular formula is C9H11F2NO2S. The number of nitrogen functional groups attached to an aromatic ring is 1. The highest BCUT2D eigenvalue weighted by Crippen LogP contribution is 2.20. The Morgan fingerprint density at radius 2 is 1.93 bits per heavy atom. The molecule has 3 nitrogen and oxygen atoms in total. The first kappa shape index (κ1) is 12.1. The summed E-state index contributed by atoms with van der Waals surface area (Å²) in [6.07, 6.45) is 0. The zero-order chi connectivity index (χ0) is 11.4. The van der Waals surface area contributed by atoms with Gasteiger partial charge >= 0.3 is 0 Å². The Labute approximate surface area is 88.7 Å². The van der Waals surface area contributed by atoms with Gasteiger partial charge in [-0.15, -0.1) is 0 Å². The maximum absolute atomic E-state index is 13.2. The lowest BCUT2D eigenvalue weighted by Gasteiger charge is -2.06. The fraction of sp³-hybridized carbons (Fsp3) is 0.333. The Kier molecular flexibility index (Phi) is 4.16. The molecule has 0 fully saturated rings. The molecule has 0 radical (unpaired) electrons. The highest BCUT2D eigenvalue weighted by molar-refractivity contribution is 7.84. The van der Waals surface area contributed by atoms with Gasteiger partial charge in [-0.2, -0.15) is 0 Å². The largest absolute Gasteiger partial charge is 0.399 e. The number of hydrogen-bond acceptors (Lipinski definition) is 3. The van der Waals surface area contributed by atoms with Crippen molar-refractivity contribution < 1.29 is 17.7 Å². The molecule has 0 aliphatic carbocycles. The van der Waals surface area contributed by atoms with Crippen LogP contribution in [0.25, 0.3) is 0 Å². The van der Waals surface area contributed by atoms with Crippen molar-refractivity contribution in [2.45, 2.75) is 11.8 Å². The highest BCUT2D eigenvalue weighted by Gasteiger charge is 2.16. The van der Waals surface area contributed by atoms with Gasteiger partial charge in [0.15, 0.2) is 0 Å². The van der Waals surface area contributed by atoms with E-state index >= 15 is 0 Å². The lowest BCUT2D eigenvalue weighted by Crippen LogP contribution is -2.07. The predicted molar refractivity (Wildman–Crippen MR) is 53.7 cm³/mol. The number of anilines is 1. The van der Waals surface area contributed by atoms with Gasteiger partial charge in [-0.25, -0.2) is 8.78 Å². The number of ether oxygens (including phenoxy) is 1. The van der Waals surface area contributed by atoms with E-state index in [1.807, 2.05) is 0 Å². The average Bonchev–Trinajstić information content (AvgIpc) is 2.12. The van der Waals surface area contributed by atoms with Gasteiger partial charge in [-0.05, 0) is 19.1 Å². The number of rotatable bonds is 4. The maximum Gasteiger partial charge on any atom is 0.144 e. The molecule has 2 N–H and O–H groups in total. The van der Waals surface area contributed by atoms with Gasteiger partial charge in [0.05, 0.1) is 10.8 Å². The first-order valence-electron chi connectivity index (χ1n) is 4.27. The number of hydrogen-bond donors (Lipinski definition) is 1. The Morgan fingerprint density at radius 1 is 1.40 bits per heavy atom. The first-order valence-corrected chi connectivity index (χ1v) is 5.58. The third-order valence-electron chi connectivity index (χ3n) is 1.64. The quantitative estimate of drug-likeness (QED) is 0.807. The summed E-state index contributed by atoms with van der Waals surface area (Å²) < 4.78 is 42.7. The van der Waals surface area contributed by atoms with Crippen LogP contribution >= 0.6 is 0 Å². The zero-order valence-electron chi connectivity index (χ0n) is 8.13. The van der Waals surface area contributed by atoms with Gasteiger partial charge in [-0.1, -0.05) is 0 Å². The van der Waals surface area contributed by atoms with Crippen molar-refractivity contribution in [2.24, 2.45) is 0 Å². The minimum absolute atomic E-state index is 0.0397. The van der Waals surface area contributed by atoms with E-state index in [0.29, 0.717) is 6.61 Å². The van der Waals surface area contributed by atoms with Gasteiger partial charge in [0.1, 0.15) is 22.5 Å². The molecule has 0 amide bonds. The van der Waals surface area contributed by atoms with Crippen molar-refractivity contribution in [3.63, 3.8) is 0 Å². The van der Waals surface area contributed by atoms with Crippen molar-refractivity contribution in [3.05, 3.63) is 23.8 Å². The average molecular weight is 235 g/mol. The van der Waals surface area contributed by atoms with Crippen LogP contribution in [0.5, 0.6) is 0 Å². The Bertz CT molecular complexity index is 361. The molecule has 1 rings (SSSR count). The number of nitrogens with two attached hydrogens (primary N) is 1. The van der Waals surface area contributed by atoms with Crippen LogP contribution in [-0.2, 0) is 15.5 Å². The summed E-state index contributed by atoms with van der Waals surface area (Å²) in [5.74, 6) is -2.05. The predicted octanol–water partition coefficient (Wildman–Crippen LogP) is 1.65. The maximum atomic E-state index is 13.2. The summed E-state index contributed by atoms with van der Waals surface area (Å²) in [5, 5.41) is 0. The third-order valence-corrected chi connectivity index (χ3v) is 2.87. The smallest absolute Gasteiger partial charge is 0.144 e. The third kappa shape index (κ3) is 2.97. The molecule has 15 heavy (non-hydrogen) atoms. The summed E-state index contributed by atoms with van der Waals surface area (Å²) in [7, 11) is -1.84. The van der Waals surface area contributed by atoms with E-state index in [1.165, 1.54) is 0 Å². The van der Waals surface area contributed by atoms with Crippen LogP contribution in [0.1, 0.15) is 6.92 Å². The Morgan fingerprint density at radius 3 is 2.40 bits per heavy atom. The van der Waals surface area contributed by atoms with E-state index in [-0.39, 0.29) is 11.6 Å². The fourth-order valence-electron chi connectivity index (χ4n) is 1.01. The molecule has 6 heteroatoms. The molecule has 0 saturated carbocycles. The lowest BCUT2D eigenvalue weighted by atomic mass is 10.3. The highest BCUT2D eigenvalue weighted by atomic mass is 32.2. The molecule has 1 atom stereocenters. The van der Waals surface area contributed by atoms with Gasteiger partial charge in [0.2, 0.25) is 0 Å². The second kappa shape index (κ2) is 5.18. The van der Waals surface area contributed by atoms with E-state index in [2.05, 4.69) is 0 Å². The van der Waals surface area contributed by atoms with Gasteiger partial charge in [0.25, 0.3) is 0 Å². The normalized spacial score (nSPS) is 12.7. The van der Waals surface area contributed by atoms with E-state index in [4.69, 9.17) is 10.5 Å². The van der Waals surface area contributed by atoms with E-state index < -0.39 is 27.3 Å². The van der Waals surface area contributed by atoms with E-state index in [1.54, 1.807) is 6.92 Å². The van der Waals surface area contributed by atoms with Crippen LogP contribution in [0.3, 0.4) is 0 Å². The number of halogens is 2. The molecular weight excluding hydrogens is 224 g/mol. The molecule has 1 unspecified atom stereocenters. The topological polar surface area (TPSA) is 52.3 Å². The second-order valence-electron chi connectivity index (χ2n) is 2.77. The van der Waals surface area contributed by atoms with Crippen molar-refractivity contribution in [1.29, 1.82) is 0 Å². The summed E-state index contributed by atoms with van der Waals surface area (Å²) in [6, 6.07) is 1.87. The molecule has 0 aliphatic rings. The summed E-state index contributed by atoms with van der Waals surface area (Å²) in [5.41, 5.74) is 5.18. The fourth-order valence-corrected chi connectivity index (χ4v) is 2.00. The van der Waals surface area contributed by atoms with Crippen LogP contribution in [0.15, 0.2) is 17.0 Å². The first-order chi connectivity index (χ1) is 7.06. The Balaban J connectivity index is 2.98. The monoisotopic (exact) mass is 235 g/mol. The summed E-state index contributed by atoms with van der Waals surface area (Å²) in [4.78, 5) is -0.488. The zero-order valence-corrected chi connectivity index (χ0v) is 8.94. The molecule has 0 bridgehead atoms. The molecule has 0 saturated heterocycles. The van der Waals surface area contributed by atoms with Gasteiger partial charge in [0, 0.05) is 12.3 Å². The van der Waals surface area contributed by atoms with Crippen molar-refractivity contribution >= 4 is 16.5 Å². The molecule has 0 aromatic heterocycles. The summed E-state index contributed by atoms with van der Waals surface area (Å²) >= 11 is 0. The van der Waals surface area contributed by atoms with Gasteiger partial charge < -0.3 is 10.5 Å². The Hall–Kier alpha value is -1.01. The molecule has 0 aliphatic heterocycles. The minimum Gasteiger partial charge on any atom is -0.399 e. The number of benzene rings is 1. The van der Waals surface area contributed by atoms with Crippen LogP contribution in [-0.4, -0.2) is 16.8 Å². The van der Waals surface area contributed by atoms with Gasteiger partial charge in [-0.3, -0.25) is 4.21 Å². The molecule has 1 aromatic carbocycles. The molecule has 0 heterocycles. The molecule has 84 valence electrons.